The zero-order valence-electron chi connectivity index (χ0n) is 24.2. The molecule has 39 heavy (non-hydrogen) atoms. The Morgan fingerprint density at radius 1 is 0.949 bits per heavy atom. The summed E-state index contributed by atoms with van der Waals surface area (Å²) in [5, 5.41) is 0. The minimum atomic E-state index is -0.629. The maximum absolute atomic E-state index is 14.4. The molecule has 1 heterocycles. The van der Waals surface area contributed by atoms with Crippen LogP contribution in [0.3, 0.4) is 0 Å². The molecule has 1 aliphatic heterocycles. The summed E-state index contributed by atoms with van der Waals surface area (Å²) in [7, 11) is 3.29. The molecule has 3 atom stereocenters. The second-order valence-corrected chi connectivity index (χ2v) is 10.9. The first-order chi connectivity index (χ1) is 18.8. The number of rotatable bonds is 7. The zero-order chi connectivity index (χ0) is 28.4. The Balaban J connectivity index is 2.12. The molecule has 3 rings (SSSR count). The molecule has 1 aliphatic rings. The van der Waals surface area contributed by atoms with Crippen molar-refractivity contribution in [3.8, 4) is 5.75 Å². The van der Waals surface area contributed by atoms with Gasteiger partial charge in [0.25, 0.3) is 5.91 Å². The molecule has 0 unspecified atom stereocenters. The normalized spacial score (nSPS) is 21.8. The smallest absolute Gasteiger partial charge is 0.254 e. The number of carbonyl (C=O) groups is 2. The summed E-state index contributed by atoms with van der Waals surface area (Å²) in [4.78, 5) is 31.8. The summed E-state index contributed by atoms with van der Waals surface area (Å²) >= 11 is 0. The fourth-order valence-corrected chi connectivity index (χ4v) is 5.04. The summed E-state index contributed by atoms with van der Waals surface area (Å²) < 4.78 is 18.1. The van der Waals surface area contributed by atoms with Crippen molar-refractivity contribution in [3.05, 3.63) is 77.9 Å². The van der Waals surface area contributed by atoms with Crippen molar-refractivity contribution in [3.63, 3.8) is 0 Å². The Morgan fingerprint density at radius 2 is 1.64 bits per heavy atom. The van der Waals surface area contributed by atoms with Crippen molar-refractivity contribution in [2.75, 3.05) is 40.5 Å². The van der Waals surface area contributed by atoms with Crippen molar-refractivity contribution in [1.29, 1.82) is 0 Å². The Labute approximate surface area is 233 Å². The molecule has 0 fully saturated rings. The van der Waals surface area contributed by atoms with Crippen LogP contribution in [0.1, 0.15) is 56.1 Å². The molecule has 2 amide bonds. The van der Waals surface area contributed by atoms with E-state index in [4.69, 9.17) is 14.2 Å². The van der Waals surface area contributed by atoms with Gasteiger partial charge in [-0.1, -0.05) is 70.2 Å². The van der Waals surface area contributed by atoms with E-state index in [2.05, 4.69) is 27.7 Å². The molecular weight excluding hydrogens is 492 g/mol. The molecule has 0 saturated heterocycles. The molecular formula is C32H44N2O5. The average molecular weight is 537 g/mol. The molecule has 0 N–H and O–H groups in total. The van der Waals surface area contributed by atoms with Gasteiger partial charge >= 0.3 is 0 Å². The Morgan fingerprint density at radius 3 is 2.28 bits per heavy atom. The van der Waals surface area contributed by atoms with E-state index in [0.717, 1.165) is 5.56 Å². The second-order valence-electron chi connectivity index (χ2n) is 10.9. The molecule has 7 nitrogen and oxygen atoms in total. The van der Waals surface area contributed by atoms with Gasteiger partial charge in [0, 0.05) is 45.0 Å². The van der Waals surface area contributed by atoms with Gasteiger partial charge in [0.05, 0.1) is 0 Å². The maximum Gasteiger partial charge on any atom is 0.254 e. The predicted molar refractivity (Wildman–Crippen MR) is 154 cm³/mol. The number of carbonyl (C=O) groups excluding carboxylic acids is 2. The molecule has 0 bridgehead atoms. The summed E-state index contributed by atoms with van der Waals surface area (Å²) in [6, 6.07) is 16.3. The minimum Gasteiger partial charge on any atom is -0.489 e. The number of methoxy groups -OCH3 is 2. The summed E-state index contributed by atoms with van der Waals surface area (Å²) in [6.07, 6.45) is 3.45. The number of nitrogens with zero attached hydrogens (tertiary/aromatic N) is 2. The van der Waals surface area contributed by atoms with Crippen LogP contribution in [0.4, 0.5) is 0 Å². The zero-order valence-corrected chi connectivity index (χ0v) is 24.2. The van der Waals surface area contributed by atoms with Crippen molar-refractivity contribution >= 4 is 11.8 Å². The number of hydrogen-bond acceptors (Lipinski definition) is 5. The quantitative estimate of drug-likeness (QED) is 0.445. The van der Waals surface area contributed by atoms with Crippen LogP contribution in [0.25, 0.3) is 0 Å². The highest BCUT2D eigenvalue weighted by Crippen LogP contribution is 2.32. The minimum absolute atomic E-state index is 0.0754. The van der Waals surface area contributed by atoms with Crippen LogP contribution >= 0.6 is 0 Å². The molecule has 212 valence electrons. The first-order valence-electron chi connectivity index (χ1n) is 13.8. The van der Waals surface area contributed by atoms with Crippen LogP contribution in [0.2, 0.25) is 0 Å². The Bertz CT molecular complexity index is 1080. The van der Waals surface area contributed by atoms with Gasteiger partial charge < -0.3 is 24.0 Å². The van der Waals surface area contributed by atoms with E-state index in [9.17, 15) is 9.59 Å². The number of ether oxygens (including phenoxy) is 3. The standard InChI is InChI=1S/C32H44N2O5/c1-23(2)20-27-32(36)33(21-24(3)4)22-29(37-5)30(38-6)26-16-10-11-17-28(26)39-19-13-12-18-34(27)31(35)25-14-8-7-9-15-25/h7-17,23-24,27,29-30H,18-22H2,1-6H3/b13-12+/t27-,29-,30-/m0/s1. The van der Waals surface area contributed by atoms with Crippen LogP contribution in [-0.4, -0.2) is 74.2 Å². The first kappa shape index (κ1) is 30.4. The van der Waals surface area contributed by atoms with E-state index in [1.807, 2.05) is 59.5 Å². The van der Waals surface area contributed by atoms with Crippen molar-refractivity contribution in [1.82, 2.24) is 9.80 Å². The molecule has 0 spiro atoms. The molecule has 0 saturated carbocycles. The molecule has 0 aliphatic carbocycles. The van der Waals surface area contributed by atoms with Gasteiger partial charge in [-0.05, 0) is 42.5 Å². The lowest BCUT2D eigenvalue weighted by atomic mass is 9.98. The third kappa shape index (κ3) is 8.16. The third-order valence-corrected chi connectivity index (χ3v) is 6.86. The fourth-order valence-electron chi connectivity index (χ4n) is 5.04. The topological polar surface area (TPSA) is 68.3 Å². The van der Waals surface area contributed by atoms with Crippen LogP contribution in [0.5, 0.6) is 5.75 Å². The van der Waals surface area contributed by atoms with Gasteiger partial charge in [-0.2, -0.15) is 0 Å². The average Bonchev–Trinajstić information content (AvgIpc) is 2.93. The number of fused-ring (bicyclic) bond motifs is 1. The lowest BCUT2D eigenvalue weighted by molar-refractivity contribution is -0.141. The van der Waals surface area contributed by atoms with E-state index in [1.54, 1.807) is 31.3 Å². The van der Waals surface area contributed by atoms with Gasteiger partial charge in [-0.25, -0.2) is 0 Å². The highest BCUT2D eigenvalue weighted by atomic mass is 16.5. The van der Waals surface area contributed by atoms with E-state index in [1.165, 1.54) is 0 Å². The molecule has 2 aromatic carbocycles. The lowest BCUT2D eigenvalue weighted by Crippen LogP contribution is -2.54. The van der Waals surface area contributed by atoms with E-state index in [-0.39, 0.29) is 23.7 Å². The number of amides is 2. The number of para-hydroxylation sites is 1. The first-order valence-corrected chi connectivity index (χ1v) is 13.8. The largest absolute Gasteiger partial charge is 0.489 e. The summed E-state index contributed by atoms with van der Waals surface area (Å²) in [5.74, 6) is 0.882. The van der Waals surface area contributed by atoms with Gasteiger partial charge in [0.15, 0.2) is 0 Å². The molecule has 0 radical (unpaired) electrons. The van der Waals surface area contributed by atoms with Gasteiger partial charge in [-0.3, -0.25) is 9.59 Å². The molecule has 7 heteroatoms. The Hall–Kier alpha value is -3.16. The summed E-state index contributed by atoms with van der Waals surface area (Å²) in [5.41, 5.74) is 1.43. The fraction of sp³-hybridized carbons (Fsp3) is 0.500. The van der Waals surface area contributed by atoms with Crippen molar-refractivity contribution in [2.45, 2.75) is 52.4 Å². The highest BCUT2D eigenvalue weighted by molar-refractivity contribution is 5.97. The van der Waals surface area contributed by atoms with Gasteiger partial charge in [0.2, 0.25) is 5.91 Å². The van der Waals surface area contributed by atoms with Crippen LogP contribution in [0, 0.1) is 11.8 Å². The molecule has 2 aromatic rings. The van der Waals surface area contributed by atoms with E-state index < -0.39 is 18.2 Å². The monoisotopic (exact) mass is 536 g/mol. The van der Waals surface area contributed by atoms with Crippen LogP contribution in [-0.2, 0) is 14.3 Å². The van der Waals surface area contributed by atoms with Gasteiger partial charge in [-0.15, -0.1) is 0 Å². The predicted octanol–water partition coefficient (Wildman–Crippen LogP) is 5.38. The maximum atomic E-state index is 14.4. The molecule has 0 aromatic heterocycles. The lowest BCUT2D eigenvalue weighted by Gasteiger charge is -2.38. The van der Waals surface area contributed by atoms with E-state index in [0.29, 0.717) is 44.0 Å². The third-order valence-electron chi connectivity index (χ3n) is 6.86. The summed E-state index contributed by atoms with van der Waals surface area (Å²) in [6.45, 7) is 9.80. The van der Waals surface area contributed by atoms with Crippen molar-refractivity contribution in [2.24, 2.45) is 11.8 Å². The SMILES string of the molecule is CO[C@H]1CN(CC(C)C)C(=O)[C@H](CC(C)C)N(C(=O)c2ccccc2)C/C=C/COc2ccccc2[C@@H]1OC. The van der Waals surface area contributed by atoms with Gasteiger partial charge in [0.1, 0.15) is 30.6 Å². The van der Waals surface area contributed by atoms with Crippen LogP contribution < -0.4 is 4.74 Å². The van der Waals surface area contributed by atoms with E-state index >= 15 is 0 Å². The highest BCUT2D eigenvalue weighted by Gasteiger charge is 2.36. The second kappa shape index (κ2) is 14.8. The number of benzene rings is 2. The Kier molecular flexibility index (Phi) is 11.6. The number of hydrogen-bond donors (Lipinski definition) is 0. The van der Waals surface area contributed by atoms with Crippen molar-refractivity contribution < 1.29 is 23.8 Å². The van der Waals surface area contributed by atoms with Crippen LogP contribution in [0.15, 0.2) is 66.7 Å².